The Labute approximate surface area is 124 Å². The van der Waals surface area contributed by atoms with Crippen molar-refractivity contribution in [2.45, 2.75) is 32.3 Å². The quantitative estimate of drug-likeness (QED) is 0.799. The summed E-state index contributed by atoms with van der Waals surface area (Å²) in [7, 11) is 1.35. The predicted molar refractivity (Wildman–Crippen MR) is 76.5 cm³/mol. The third-order valence-corrected chi connectivity index (χ3v) is 4.80. The molecule has 2 saturated carbocycles. The standard InChI is InChI=1S/C17H20O4/c1-20-16(18)13-5-2-11(3-6-13)10-21-17(19)15-9-12-4-7-14(15)8-12/h2-3,5-6,12,14-15H,4,7-10H2,1H3. The molecule has 0 heterocycles. The van der Waals surface area contributed by atoms with Gasteiger partial charge in [-0.15, -0.1) is 0 Å². The molecule has 0 N–H and O–H groups in total. The van der Waals surface area contributed by atoms with Crippen molar-refractivity contribution in [1.29, 1.82) is 0 Å². The number of ether oxygens (including phenoxy) is 2. The summed E-state index contributed by atoms with van der Waals surface area (Å²) in [5.74, 6) is 0.981. The van der Waals surface area contributed by atoms with Gasteiger partial charge in [-0.2, -0.15) is 0 Å². The van der Waals surface area contributed by atoms with Gasteiger partial charge in [0.25, 0.3) is 0 Å². The Balaban J connectivity index is 1.53. The van der Waals surface area contributed by atoms with Crippen molar-refractivity contribution in [3.05, 3.63) is 35.4 Å². The maximum absolute atomic E-state index is 12.1. The highest BCUT2D eigenvalue weighted by Gasteiger charge is 2.43. The molecule has 0 amide bonds. The van der Waals surface area contributed by atoms with Crippen LogP contribution in [-0.4, -0.2) is 19.0 Å². The van der Waals surface area contributed by atoms with E-state index in [2.05, 4.69) is 4.74 Å². The number of methoxy groups -OCH3 is 1. The first kappa shape index (κ1) is 14.1. The molecule has 2 fully saturated rings. The van der Waals surface area contributed by atoms with Gasteiger partial charge < -0.3 is 9.47 Å². The van der Waals surface area contributed by atoms with Crippen molar-refractivity contribution in [3.8, 4) is 0 Å². The van der Waals surface area contributed by atoms with Crippen LogP contribution in [0.2, 0.25) is 0 Å². The van der Waals surface area contributed by atoms with E-state index in [0.29, 0.717) is 11.5 Å². The number of carbonyl (C=O) groups excluding carboxylic acids is 2. The summed E-state index contributed by atoms with van der Waals surface area (Å²) in [6, 6.07) is 6.96. The van der Waals surface area contributed by atoms with Gasteiger partial charge in [-0.05, 0) is 48.8 Å². The fourth-order valence-electron chi connectivity index (χ4n) is 3.65. The van der Waals surface area contributed by atoms with E-state index in [4.69, 9.17) is 4.74 Å². The Morgan fingerprint density at radius 3 is 2.48 bits per heavy atom. The summed E-state index contributed by atoms with van der Waals surface area (Å²) in [6.07, 6.45) is 4.67. The van der Waals surface area contributed by atoms with Gasteiger partial charge in [0, 0.05) is 0 Å². The number of esters is 2. The van der Waals surface area contributed by atoms with Gasteiger partial charge in [0.1, 0.15) is 6.61 Å². The summed E-state index contributed by atoms with van der Waals surface area (Å²) < 4.78 is 10.1. The summed E-state index contributed by atoms with van der Waals surface area (Å²) >= 11 is 0. The van der Waals surface area contributed by atoms with E-state index >= 15 is 0 Å². The normalized spacial score (nSPS) is 26.6. The fourth-order valence-corrected chi connectivity index (χ4v) is 3.65. The van der Waals surface area contributed by atoms with E-state index in [1.54, 1.807) is 24.3 Å². The molecule has 1 aromatic carbocycles. The third-order valence-electron chi connectivity index (χ3n) is 4.80. The topological polar surface area (TPSA) is 52.6 Å². The molecule has 2 aliphatic carbocycles. The van der Waals surface area contributed by atoms with Crippen molar-refractivity contribution >= 4 is 11.9 Å². The van der Waals surface area contributed by atoms with Gasteiger partial charge in [-0.25, -0.2) is 4.79 Å². The van der Waals surface area contributed by atoms with Crippen molar-refractivity contribution in [2.24, 2.45) is 17.8 Å². The van der Waals surface area contributed by atoms with Crippen LogP contribution in [0.4, 0.5) is 0 Å². The van der Waals surface area contributed by atoms with Gasteiger partial charge in [-0.1, -0.05) is 18.6 Å². The van der Waals surface area contributed by atoms with Crippen LogP contribution in [0.5, 0.6) is 0 Å². The molecule has 4 nitrogen and oxygen atoms in total. The molecule has 21 heavy (non-hydrogen) atoms. The lowest BCUT2D eigenvalue weighted by atomic mass is 9.89. The van der Waals surface area contributed by atoms with Crippen molar-refractivity contribution in [2.75, 3.05) is 7.11 Å². The lowest BCUT2D eigenvalue weighted by Crippen LogP contribution is -2.23. The highest BCUT2D eigenvalue weighted by Crippen LogP contribution is 2.48. The maximum Gasteiger partial charge on any atom is 0.337 e. The minimum atomic E-state index is -0.361. The molecule has 4 heteroatoms. The number of carbonyl (C=O) groups is 2. The second-order valence-corrected chi connectivity index (χ2v) is 6.08. The Kier molecular flexibility index (Phi) is 3.95. The average molecular weight is 288 g/mol. The SMILES string of the molecule is COC(=O)c1ccc(COC(=O)C2CC3CCC2C3)cc1. The van der Waals surface area contributed by atoms with Gasteiger partial charge in [0.2, 0.25) is 0 Å². The van der Waals surface area contributed by atoms with Crippen LogP contribution in [0.3, 0.4) is 0 Å². The van der Waals surface area contributed by atoms with Crippen LogP contribution in [0.25, 0.3) is 0 Å². The first-order valence-corrected chi connectivity index (χ1v) is 7.51. The highest BCUT2D eigenvalue weighted by molar-refractivity contribution is 5.89. The molecule has 0 aromatic heterocycles. The van der Waals surface area contributed by atoms with Crippen molar-refractivity contribution in [1.82, 2.24) is 0 Å². The van der Waals surface area contributed by atoms with Crippen LogP contribution in [0, 0.1) is 17.8 Å². The van der Waals surface area contributed by atoms with E-state index < -0.39 is 0 Å². The molecule has 3 rings (SSSR count). The average Bonchev–Trinajstić information content (AvgIpc) is 3.15. The largest absolute Gasteiger partial charge is 0.465 e. The van der Waals surface area contributed by atoms with Gasteiger partial charge in [0.05, 0.1) is 18.6 Å². The first-order valence-electron chi connectivity index (χ1n) is 7.51. The van der Waals surface area contributed by atoms with E-state index in [1.807, 2.05) is 0 Å². The zero-order chi connectivity index (χ0) is 14.8. The molecule has 2 aliphatic rings. The fraction of sp³-hybridized carbons (Fsp3) is 0.529. The molecule has 3 atom stereocenters. The molecule has 2 bridgehead atoms. The first-order chi connectivity index (χ1) is 10.2. The summed E-state index contributed by atoms with van der Waals surface area (Å²) in [4.78, 5) is 23.5. The zero-order valence-electron chi connectivity index (χ0n) is 12.2. The third kappa shape index (κ3) is 2.94. The lowest BCUT2D eigenvalue weighted by Gasteiger charge is -2.19. The number of benzene rings is 1. The Morgan fingerprint density at radius 2 is 1.90 bits per heavy atom. The highest BCUT2D eigenvalue weighted by atomic mass is 16.5. The summed E-state index contributed by atoms with van der Waals surface area (Å²) in [5, 5.41) is 0. The minimum absolute atomic E-state index is 0.0563. The monoisotopic (exact) mass is 288 g/mol. The van der Waals surface area contributed by atoms with E-state index in [9.17, 15) is 9.59 Å². The molecular formula is C17H20O4. The van der Waals surface area contributed by atoms with Gasteiger partial charge >= 0.3 is 11.9 Å². The van der Waals surface area contributed by atoms with Crippen molar-refractivity contribution in [3.63, 3.8) is 0 Å². The Morgan fingerprint density at radius 1 is 1.14 bits per heavy atom. The van der Waals surface area contributed by atoms with Crippen molar-refractivity contribution < 1.29 is 19.1 Å². The van der Waals surface area contributed by atoms with Crippen LogP contribution in [0.1, 0.15) is 41.6 Å². The second kappa shape index (κ2) is 5.88. The van der Waals surface area contributed by atoms with E-state index in [0.717, 1.165) is 17.9 Å². The molecule has 1 aromatic rings. The zero-order valence-corrected chi connectivity index (χ0v) is 12.2. The Hall–Kier alpha value is -1.84. The number of rotatable bonds is 4. The number of fused-ring (bicyclic) bond motifs is 2. The summed E-state index contributed by atoms with van der Waals surface area (Å²) in [5.41, 5.74) is 1.39. The van der Waals surface area contributed by atoms with E-state index in [1.165, 1.54) is 26.4 Å². The smallest absolute Gasteiger partial charge is 0.337 e. The molecular weight excluding hydrogens is 268 g/mol. The minimum Gasteiger partial charge on any atom is -0.465 e. The predicted octanol–water partition coefficient (Wildman–Crippen LogP) is 2.95. The molecule has 0 spiro atoms. The van der Waals surface area contributed by atoms with Crippen LogP contribution >= 0.6 is 0 Å². The van der Waals surface area contributed by atoms with E-state index in [-0.39, 0.29) is 24.5 Å². The number of hydrogen-bond donors (Lipinski definition) is 0. The second-order valence-electron chi connectivity index (χ2n) is 6.08. The molecule has 0 radical (unpaired) electrons. The molecule has 3 unspecified atom stereocenters. The molecule has 112 valence electrons. The van der Waals surface area contributed by atoms with Crippen LogP contribution in [0.15, 0.2) is 24.3 Å². The molecule has 0 aliphatic heterocycles. The molecule has 0 saturated heterocycles. The van der Waals surface area contributed by atoms with Gasteiger partial charge in [0.15, 0.2) is 0 Å². The Bertz CT molecular complexity index is 534. The van der Waals surface area contributed by atoms with Gasteiger partial charge in [-0.3, -0.25) is 4.79 Å². The number of hydrogen-bond acceptors (Lipinski definition) is 4. The summed E-state index contributed by atoms with van der Waals surface area (Å²) in [6.45, 7) is 0.272. The maximum atomic E-state index is 12.1. The van der Waals surface area contributed by atoms with Crippen LogP contribution in [-0.2, 0) is 20.9 Å². The van der Waals surface area contributed by atoms with Crippen LogP contribution < -0.4 is 0 Å². The lowest BCUT2D eigenvalue weighted by molar-refractivity contribution is -0.151.